The first-order valence-electron chi connectivity index (χ1n) is 23.2. The third kappa shape index (κ3) is 6.38. The Morgan fingerprint density at radius 2 is 0.797 bits per heavy atom. The van der Waals surface area contributed by atoms with Gasteiger partial charge < -0.3 is 13.4 Å². The molecule has 0 radical (unpaired) electrons. The minimum Gasteiger partial charge on any atom is -0.456 e. The smallest absolute Gasteiger partial charge is 0.167 e. The maximum absolute atomic E-state index is 7.14. The van der Waals surface area contributed by atoms with Crippen LogP contribution in [0.4, 0.5) is 0 Å². The van der Waals surface area contributed by atoms with Gasteiger partial charge in [-0.2, -0.15) is 0 Å². The average molecular weight is 883 g/mol. The zero-order chi connectivity index (χ0) is 45.4. The van der Waals surface area contributed by atoms with Gasteiger partial charge in [0.1, 0.15) is 22.3 Å². The Labute approximate surface area is 396 Å². The molecule has 0 bridgehead atoms. The molecule has 0 unspecified atom stereocenters. The fraction of sp³-hybridized carbons (Fsp3) is 0. The van der Waals surface area contributed by atoms with Crippen molar-refractivity contribution in [1.29, 1.82) is 0 Å². The van der Waals surface area contributed by atoms with Crippen molar-refractivity contribution < 1.29 is 8.83 Å². The lowest BCUT2D eigenvalue weighted by Crippen LogP contribution is -2.00. The summed E-state index contributed by atoms with van der Waals surface area (Å²) >= 11 is 0. The van der Waals surface area contributed by atoms with Crippen LogP contribution in [0.5, 0.6) is 0 Å². The van der Waals surface area contributed by atoms with E-state index in [1.165, 1.54) is 21.9 Å². The predicted molar refractivity (Wildman–Crippen MR) is 281 cm³/mol. The molecule has 322 valence electrons. The Balaban J connectivity index is 0.966. The molecule has 14 rings (SSSR count). The summed E-state index contributed by atoms with van der Waals surface area (Å²) in [4.78, 5) is 15.3. The number of hydrogen-bond donors (Lipinski definition) is 0. The van der Waals surface area contributed by atoms with Gasteiger partial charge in [-0.25, -0.2) is 15.0 Å². The topological polar surface area (TPSA) is 69.9 Å². The molecule has 6 heteroatoms. The molecule has 10 aromatic carbocycles. The van der Waals surface area contributed by atoms with E-state index >= 15 is 0 Å². The Morgan fingerprint density at radius 3 is 1.52 bits per heavy atom. The molecule has 4 aromatic heterocycles. The van der Waals surface area contributed by atoms with Gasteiger partial charge >= 0.3 is 0 Å². The highest BCUT2D eigenvalue weighted by Crippen LogP contribution is 2.45. The van der Waals surface area contributed by atoms with Gasteiger partial charge in [0, 0.05) is 43.6 Å². The number of hydrogen-bond acceptors (Lipinski definition) is 5. The summed E-state index contributed by atoms with van der Waals surface area (Å²) in [6, 6.07) is 80.3. The quantitative estimate of drug-likeness (QED) is 0.159. The van der Waals surface area contributed by atoms with Crippen molar-refractivity contribution in [3.63, 3.8) is 0 Å². The SMILES string of the molecule is c1ccc(-c2ccc(-c3nc(-c4ccccc4)nc(-c4cccc5c4oc4c(-c6cc(-n7c8ccccc8c8cc(-c9ccccc9)ccc87)c7c(c6)oc6ccccc67)cccc45)n3)cc2)cc1. The molecule has 0 amide bonds. The van der Waals surface area contributed by atoms with Crippen LogP contribution in [-0.4, -0.2) is 19.5 Å². The van der Waals surface area contributed by atoms with Crippen LogP contribution in [0.1, 0.15) is 0 Å². The van der Waals surface area contributed by atoms with Crippen molar-refractivity contribution in [2.24, 2.45) is 0 Å². The molecule has 69 heavy (non-hydrogen) atoms. The molecule has 0 N–H and O–H groups in total. The standard InChI is InChI=1S/C63H38N4O2/c1-4-16-39(17-5-1)41-30-32-43(33-31-41)62-64-61(42-20-8-3-9-21-42)65-63(66-62)51-27-15-26-49-48-25-14-24-46(59(48)69-60(49)51)45-37-55(58-50-23-11-13-29-56(50)68-57(58)38-45)67-53-28-12-10-22-47(53)52-36-44(34-35-54(52)67)40-18-6-2-7-19-40/h1-38H. The molecule has 0 aliphatic rings. The van der Waals surface area contributed by atoms with E-state index in [0.29, 0.717) is 23.1 Å². The second-order valence-corrected chi connectivity index (χ2v) is 17.5. The van der Waals surface area contributed by atoms with Gasteiger partial charge in [-0.1, -0.05) is 188 Å². The van der Waals surface area contributed by atoms with Crippen LogP contribution in [0.25, 0.3) is 139 Å². The van der Waals surface area contributed by atoms with Crippen molar-refractivity contribution in [2.75, 3.05) is 0 Å². The summed E-state index contributed by atoms with van der Waals surface area (Å²) in [6.07, 6.45) is 0. The van der Waals surface area contributed by atoms with Crippen LogP contribution in [0.3, 0.4) is 0 Å². The molecule has 0 aliphatic carbocycles. The number of rotatable bonds is 7. The van der Waals surface area contributed by atoms with Crippen LogP contribution < -0.4 is 0 Å². The third-order valence-corrected chi connectivity index (χ3v) is 13.5. The zero-order valence-electron chi connectivity index (χ0n) is 37.0. The summed E-state index contributed by atoms with van der Waals surface area (Å²) in [5, 5.41) is 6.45. The molecule has 0 spiro atoms. The zero-order valence-corrected chi connectivity index (χ0v) is 37.0. The number of para-hydroxylation sites is 4. The first-order chi connectivity index (χ1) is 34.2. The number of nitrogens with zero attached hydrogens (tertiary/aromatic N) is 4. The monoisotopic (exact) mass is 882 g/mol. The number of benzene rings is 10. The van der Waals surface area contributed by atoms with Crippen LogP contribution in [0, 0.1) is 0 Å². The lowest BCUT2D eigenvalue weighted by molar-refractivity contribution is 0.668. The Morgan fingerprint density at radius 1 is 0.290 bits per heavy atom. The number of furan rings is 2. The van der Waals surface area contributed by atoms with Crippen molar-refractivity contribution in [3.05, 3.63) is 231 Å². The van der Waals surface area contributed by atoms with Crippen molar-refractivity contribution in [2.45, 2.75) is 0 Å². The van der Waals surface area contributed by atoms with Crippen LogP contribution in [0.15, 0.2) is 239 Å². The van der Waals surface area contributed by atoms with Crippen molar-refractivity contribution >= 4 is 65.7 Å². The lowest BCUT2D eigenvalue weighted by atomic mass is 9.99. The van der Waals surface area contributed by atoms with E-state index in [2.05, 4.69) is 180 Å². The predicted octanol–water partition coefficient (Wildman–Crippen LogP) is 16.8. The highest BCUT2D eigenvalue weighted by atomic mass is 16.3. The van der Waals surface area contributed by atoms with E-state index in [0.717, 1.165) is 94.0 Å². The molecule has 0 fully saturated rings. The largest absolute Gasteiger partial charge is 0.456 e. The number of fused-ring (bicyclic) bond motifs is 9. The van der Waals surface area contributed by atoms with E-state index in [4.69, 9.17) is 23.8 Å². The minimum atomic E-state index is 0.532. The maximum atomic E-state index is 7.14. The van der Waals surface area contributed by atoms with E-state index in [1.54, 1.807) is 0 Å². The van der Waals surface area contributed by atoms with E-state index in [1.807, 2.05) is 54.6 Å². The molecular formula is C63H38N4O2. The molecule has 0 atom stereocenters. The number of aromatic nitrogens is 4. The van der Waals surface area contributed by atoms with Gasteiger partial charge in [0.15, 0.2) is 17.5 Å². The van der Waals surface area contributed by atoms with Gasteiger partial charge in [0.2, 0.25) is 0 Å². The van der Waals surface area contributed by atoms with Crippen LogP contribution in [0.2, 0.25) is 0 Å². The third-order valence-electron chi connectivity index (χ3n) is 13.5. The molecule has 0 saturated carbocycles. The van der Waals surface area contributed by atoms with Gasteiger partial charge in [-0.05, 0) is 70.3 Å². The summed E-state index contributed by atoms with van der Waals surface area (Å²) in [5.41, 5.74) is 15.5. The Hall–Kier alpha value is -9.39. The highest BCUT2D eigenvalue weighted by Gasteiger charge is 2.23. The summed E-state index contributed by atoms with van der Waals surface area (Å²) in [6.45, 7) is 0. The summed E-state index contributed by atoms with van der Waals surface area (Å²) < 4.78 is 16.3. The Bertz CT molecular complexity index is 4290. The molecular weight excluding hydrogens is 845 g/mol. The van der Waals surface area contributed by atoms with Gasteiger partial charge in [0.05, 0.1) is 27.7 Å². The molecule has 6 nitrogen and oxygen atoms in total. The molecule has 4 heterocycles. The second kappa shape index (κ2) is 15.6. The summed E-state index contributed by atoms with van der Waals surface area (Å²) in [7, 11) is 0. The van der Waals surface area contributed by atoms with Crippen molar-refractivity contribution in [1.82, 2.24) is 19.5 Å². The minimum absolute atomic E-state index is 0.532. The highest BCUT2D eigenvalue weighted by molar-refractivity contribution is 6.17. The normalized spacial score (nSPS) is 11.8. The molecule has 0 aliphatic heterocycles. The molecule has 14 aromatic rings. The molecule has 0 saturated heterocycles. The maximum Gasteiger partial charge on any atom is 0.167 e. The van der Waals surface area contributed by atoms with Gasteiger partial charge in [-0.15, -0.1) is 0 Å². The average Bonchev–Trinajstić information content (AvgIpc) is 4.11. The Kier molecular flexibility index (Phi) is 8.79. The lowest BCUT2D eigenvalue weighted by Gasteiger charge is -2.13. The fourth-order valence-corrected chi connectivity index (χ4v) is 10.2. The van der Waals surface area contributed by atoms with Gasteiger partial charge in [-0.3, -0.25) is 0 Å². The van der Waals surface area contributed by atoms with E-state index in [-0.39, 0.29) is 0 Å². The van der Waals surface area contributed by atoms with Crippen LogP contribution >= 0.6 is 0 Å². The fourth-order valence-electron chi connectivity index (χ4n) is 10.2. The second-order valence-electron chi connectivity index (χ2n) is 17.5. The van der Waals surface area contributed by atoms with E-state index < -0.39 is 0 Å². The van der Waals surface area contributed by atoms with Crippen molar-refractivity contribution in [3.8, 4) is 73.2 Å². The first-order valence-corrected chi connectivity index (χ1v) is 23.2. The van der Waals surface area contributed by atoms with Gasteiger partial charge in [0.25, 0.3) is 0 Å². The van der Waals surface area contributed by atoms with E-state index in [9.17, 15) is 0 Å². The van der Waals surface area contributed by atoms with Crippen LogP contribution in [-0.2, 0) is 0 Å². The first kappa shape index (κ1) is 38.8. The summed E-state index contributed by atoms with van der Waals surface area (Å²) in [5.74, 6) is 1.70.